The van der Waals surface area contributed by atoms with Gasteiger partial charge in [0.2, 0.25) is 0 Å². The molecule has 0 atom stereocenters. The minimum absolute atomic E-state index is 0.0658. The second kappa shape index (κ2) is 11.1. The van der Waals surface area contributed by atoms with Gasteiger partial charge in [-0.2, -0.15) is 0 Å². The van der Waals surface area contributed by atoms with Crippen LogP contribution in [-0.2, 0) is 15.9 Å². The summed E-state index contributed by atoms with van der Waals surface area (Å²) in [5.74, 6) is -0.108. The van der Waals surface area contributed by atoms with Crippen LogP contribution in [0.15, 0.2) is 12.1 Å². The van der Waals surface area contributed by atoms with Crippen molar-refractivity contribution >= 4 is 5.97 Å². The Morgan fingerprint density at radius 1 is 1.12 bits per heavy atom. The quantitative estimate of drug-likeness (QED) is 0.356. The number of hydrogen-bond acceptors (Lipinski definition) is 7. The fourth-order valence-electron chi connectivity index (χ4n) is 3.08. The number of carbonyl (C=O) groups is 1. The normalized spacial score (nSPS) is 15.8. The molecule has 0 aromatic carbocycles. The molecule has 2 heterocycles. The Hall–Kier alpha value is -1.70. The van der Waals surface area contributed by atoms with Gasteiger partial charge >= 0.3 is 5.97 Å². The van der Waals surface area contributed by atoms with Crippen LogP contribution in [0.1, 0.15) is 35.9 Å². The number of hydrogen-bond donors (Lipinski definition) is 0. The molecule has 0 radical (unpaired) electrons. The molecule has 7 heteroatoms. The van der Waals surface area contributed by atoms with E-state index in [0.717, 1.165) is 51.1 Å². The average molecular weight is 365 g/mol. The molecule has 0 saturated carbocycles. The van der Waals surface area contributed by atoms with E-state index in [1.807, 2.05) is 6.07 Å². The van der Waals surface area contributed by atoms with E-state index < -0.39 is 5.97 Å². The lowest BCUT2D eigenvalue weighted by molar-refractivity contribution is 0.0457. The lowest BCUT2D eigenvalue weighted by Crippen LogP contribution is -2.46. The van der Waals surface area contributed by atoms with Crippen LogP contribution >= 0.6 is 0 Å². The molecule has 0 spiro atoms. The van der Waals surface area contributed by atoms with Gasteiger partial charge in [-0.3, -0.25) is 0 Å². The molecule has 146 valence electrons. The number of esters is 1. The van der Waals surface area contributed by atoms with Gasteiger partial charge in [0.05, 0.1) is 7.11 Å². The Kier molecular flexibility index (Phi) is 8.80. The monoisotopic (exact) mass is 365 g/mol. The second-order valence-corrected chi connectivity index (χ2v) is 6.42. The molecule has 0 bridgehead atoms. The molecule has 1 aromatic rings. The van der Waals surface area contributed by atoms with Crippen molar-refractivity contribution in [3.8, 4) is 5.75 Å². The SMILES string of the molecule is CCN1CCN(CCCCc2ccc(OCOC)c(C(=O)OC)n2)CC1. The molecule has 26 heavy (non-hydrogen) atoms. The Balaban J connectivity index is 1.80. The zero-order valence-electron chi connectivity index (χ0n) is 16.2. The van der Waals surface area contributed by atoms with Gasteiger partial charge in [0, 0.05) is 39.0 Å². The number of unbranched alkanes of at least 4 members (excludes halogenated alkanes) is 1. The second-order valence-electron chi connectivity index (χ2n) is 6.42. The Morgan fingerprint density at radius 3 is 2.50 bits per heavy atom. The first-order valence-electron chi connectivity index (χ1n) is 9.32. The summed E-state index contributed by atoms with van der Waals surface area (Å²) in [6, 6.07) is 3.66. The molecule has 7 nitrogen and oxygen atoms in total. The van der Waals surface area contributed by atoms with Crippen LogP contribution in [0.5, 0.6) is 5.75 Å². The summed E-state index contributed by atoms with van der Waals surface area (Å²) in [5.41, 5.74) is 1.09. The Bertz CT molecular complexity index is 560. The van der Waals surface area contributed by atoms with Crippen molar-refractivity contribution in [1.82, 2.24) is 14.8 Å². The van der Waals surface area contributed by atoms with E-state index in [4.69, 9.17) is 14.2 Å². The van der Waals surface area contributed by atoms with Crippen molar-refractivity contribution in [2.45, 2.75) is 26.2 Å². The standard InChI is InChI=1S/C19H31N3O4/c1-4-21-11-13-22(14-12-21)10-6-5-7-16-8-9-17(26-15-24-2)18(20-16)19(23)25-3/h8-9H,4-7,10-15H2,1-3H3. The molecular weight excluding hydrogens is 334 g/mol. The third-order valence-corrected chi connectivity index (χ3v) is 4.70. The number of pyridine rings is 1. The largest absolute Gasteiger partial charge is 0.465 e. The van der Waals surface area contributed by atoms with E-state index in [9.17, 15) is 4.79 Å². The number of methoxy groups -OCH3 is 2. The van der Waals surface area contributed by atoms with Gasteiger partial charge in [0.1, 0.15) is 0 Å². The first kappa shape index (κ1) is 20.6. The van der Waals surface area contributed by atoms with E-state index in [2.05, 4.69) is 21.7 Å². The van der Waals surface area contributed by atoms with Gasteiger partial charge in [-0.15, -0.1) is 0 Å². The molecule has 1 aromatic heterocycles. The van der Waals surface area contributed by atoms with Crippen LogP contribution in [-0.4, -0.2) is 81.0 Å². The lowest BCUT2D eigenvalue weighted by Gasteiger charge is -2.33. The van der Waals surface area contributed by atoms with Crippen LogP contribution in [0, 0.1) is 0 Å². The first-order chi connectivity index (χ1) is 12.7. The molecule has 0 amide bonds. The molecule has 0 unspecified atom stereocenters. The lowest BCUT2D eigenvalue weighted by atomic mass is 10.1. The van der Waals surface area contributed by atoms with Crippen molar-refractivity contribution in [3.05, 3.63) is 23.5 Å². The summed E-state index contributed by atoms with van der Waals surface area (Å²) < 4.78 is 15.1. The van der Waals surface area contributed by atoms with Crippen molar-refractivity contribution in [2.75, 3.05) is 60.3 Å². The summed E-state index contributed by atoms with van der Waals surface area (Å²) in [5, 5.41) is 0. The van der Waals surface area contributed by atoms with Crippen LogP contribution in [0.2, 0.25) is 0 Å². The van der Waals surface area contributed by atoms with Crippen LogP contribution in [0.3, 0.4) is 0 Å². The predicted octanol–water partition coefficient (Wildman–Crippen LogP) is 1.81. The molecule has 2 rings (SSSR count). The maximum atomic E-state index is 11.9. The van der Waals surface area contributed by atoms with Crippen molar-refractivity contribution < 1.29 is 19.0 Å². The maximum absolute atomic E-state index is 11.9. The van der Waals surface area contributed by atoms with Gasteiger partial charge in [0.15, 0.2) is 18.2 Å². The van der Waals surface area contributed by atoms with Gasteiger partial charge in [0.25, 0.3) is 0 Å². The Labute approximate surface area is 156 Å². The van der Waals surface area contributed by atoms with Crippen molar-refractivity contribution in [1.29, 1.82) is 0 Å². The van der Waals surface area contributed by atoms with E-state index in [1.54, 1.807) is 6.07 Å². The summed E-state index contributed by atoms with van der Waals surface area (Å²) in [6.45, 7) is 9.21. The van der Waals surface area contributed by atoms with E-state index in [-0.39, 0.29) is 12.5 Å². The number of ether oxygens (including phenoxy) is 3. The number of aromatic nitrogens is 1. The zero-order chi connectivity index (χ0) is 18.8. The molecule has 1 aliphatic heterocycles. The molecule has 1 aliphatic rings. The summed E-state index contributed by atoms with van der Waals surface area (Å²) >= 11 is 0. The fraction of sp³-hybridized carbons (Fsp3) is 0.684. The first-order valence-corrected chi connectivity index (χ1v) is 9.32. The molecule has 1 fully saturated rings. The highest BCUT2D eigenvalue weighted by Crippen LogP contribution is 2.19. The van der Waals surface area contributed by atoms with Gasteiger partial charge in [-0.25, -0.2) is 9.78 Å². The number of nitrogens with zero attached hydrogens (tertiary/aromatic N) is 3. The van der Waals surface area contributed by atoms with E-state index in [0.29, 0.717) is 5.75 Å². The van der Waals surface area contributed by atoms with Crippen LogP contribution < -0.4 is 4.74 Å². The highest BCUT2D eigenvalue weighted by atomic mass is 16.7. The van der Waals surface area contributed by atoms with Gasteiger partial charge in [-0.05, 0) is 44.5 Å². The number of rotatable bonds is 10. The number of likely N-dealkylation sites (N-methyl/N-ethyl adjacent to an activating group) is 1. The van der Waals surface area contributed by atoms with Crippen molar-refractivity contribution in [2.24, 2.45) is 0 Å². The van der Waals surface area contributed by atoms with E-state index in [1.165, 1.54) is 27.3 Å². The predicted molar refractivity (Wildman–Crippen MR) is 99.6 cm³/mol. The smallest absolute Gasteiger partial charge is 0.360 e. The number of carbonyl (C=O) groups excluding carboxylic acids is 1. The fourth-order valence-corrected chi connectivity index (χ4v) is 3.08. The zero-order valence-corrected chi connectivity index (χ0v) is 16.2. The number of piperazine rings is 1. The van der Waals surface area contributed by atoms with Gasteiger partial charge in [-0.1, -0.05) is 6.92 Å². The summed E-state index contributed by atoms with van der Waals surface area (Å²) in [7, 11) is 2.87. The minimum Gasteiger partial charge on any atom is -0.465 e. The van der Waals surface area contributed by atoms with Crippen LogP contribution in [0.4, 0.5) is 0 Å². The molecular formula is C19H31N3O4. The topological polar surface area (TPSA) is 64.1 Å². The maximum Gasteiger partial charge on any atom is 0.360 e. The average Bonchev–Trinajstić information content (AvgIpc) is 2.69. The molecule has 1 saturated heterocycles. The van der Waals surface area contributed by atoms with Crippen molar-refractivity contribution in [3.63, 3.8) is 0 Å². The third kappa shape index (κ3) is 6.23. The highest BCUT2D eigenvalue weighted by Gasteiger charge is 2.17. The molecule has 0 N–H and O–H groups in total. The highest BCUT2D eigenvalue weighted by molar-refractivity contribution is 5.90. The molecule has 0 aliphatic carbocycles. The Morgan fingerprint density at radius 2 is 1.85 bits per heavy atom. The van der Waals surface area contributed by atoms with Gasteiger partial charge < -0.3 is 24.0 Å². The third-order valence-electron chi connectivity index (χ3n) is 4.70. The van der Waals surface area contributed by atoms with Crippen LogP contribution in [0.25, 0.3) is 0 Å². The van der Waals surface area contributed by atoms with E-state index >= 15 is 0 Å². The minimum atomic E-state index is -0.494. The number of aryl methyl sites for hydroxylation is 1. The summed E-state index contributed by atoms with van der Waals surface area (Å²) in [6.07, 6.45) is 3.01. The summed E-state index contributed by atoms with van der Waals surface area (Å²) in [4.78, 5) is 21.4.